The highest BCUT2D eigenvalue weighted by Crippen LogP contribution is 2.17. The highest BCUT2D eigenvalue weighted by atomic mass is 16.5. The van der Waals surface area contributed by atoms with E-state index in [9.17, 15) is 4.79 Å². The maximum Gasteiger partial charge on any atom is 0.271 e. The number of imidazole rings is 1. The molecule has 0 saturated carbocycles. The van der Waals surface area contributed by atoms with Crippen LogP contribution in [0.3, 0.4) is 0 Å². The number of aryl methyl sites for hydroxylation is 1. The zero-order valence-electron chi connectivity index (χ0n) is 15.9. The Morgan fingerprint density at radius 1 is 1.17 bits per heavy atom. The van der Waals surface area contributed by atoms with Gasteiger partial charge in [-0.15, -0.1) is 0 Å². The topological polar surface area (TPSA) is 108 Å². The number of hydrogen-bond donors (Lipinski definition) is 1. The van der Waals surface area contributed by atoms with Gasteiger partial charge in [0.15, 0.2) is 5.82 Å². The highest BCUT2D eigenvalue weighted by Gasteiger charge is 2.11. The van der Waals surface area contributed by atoms with Gasteiger partial charge >= 0.3 is 0 Å². The number of nitrogens with zero attached hydrogens (tertiary/aromatic N) is 5. The largest absolute Gasteiger partial charge is 0.497 e. The monoisotopic (exact) mass is 390 g/mol. The maximum atomic E-state index is 12.4. The summed E-state index contributed by atoms with van der Waals surface area (Å²) in [6, 6.07) is 11.1. The standard InChI is InChI=1S/C20H18N6O3/c1-13-24-20(29-25-13)15-5-8-18(21-10-15)26-11-17(23-12-26)19(27)22-9-14-3-6-16(28-2)7-4-14/h3-8,10-12H,9H2,1-2H3,(H,22,27). The average molecular weight is 390 g/mol. The molecule has 0 bridgehead atoms. The zero-order chi connectivity index (χ0) is 20.2. The molecule has 0 saturated heterocycles. The number of ether oxygens (including phenoxy) is 1. The fraction of sp³-hybridized carbons (Fsp3) is 0.150. The molecule has 9 nitrogen and oxygen atoms in total. The van der Waals surface area contributed by atoms with Crippen LogP contribution in [0.5, 0.6) is 5.75 Å². The quantitative estimate of drug-likeness (QED) is 0.539. The molecular formula is C20H18N6O3. The summed E-state index contributed by atoms with van der Waals surface area (Å²) in [4.78, 5) is 25.1. The molecule has 146 valence electrons. The summed E-state index contributed by atoms with van der Waals surface area (Å²) in [6.07, 6.45) is 4.80. The van der Waals surface area contributed by atoms with Gasteiger partial charge in [0.1, 0.15) is 23.6 Å². The van der Waals surface area contributed by atoms with Crippen molar-refractivity contribution in [3.05, 3.63) is 72.2 Å². The van der Waals surface area contributed by atoms with Crippen LogP contribution in [-0.2, 0) is 6.54 Å². The summed E-state index contributed by atoms with van der Waals surface area (Å²) in [5, 5.41) is 6.61. The summed E-state index contributed by atoms with van der Waals surface area (Å²) < 4.78 is 11.9. The van der Waals surface area contributed by atoms with Crippen molar-refractivity contribution in [2.75, 3.05) is 7.11 Å². The summed E-state index contributed by atoms with van der Waals surface area (Å²) in [6.45, 7) is 2.15. The van der Waals surface area contributed by atoms with Crippen molar-refractivity contribution in [3.63, 3.8) is 0 Å². The van der Waals surface area contributed by atoms with Crippen LogP contribution >= 0.6 is 0 Å². The van der Waals surface area contributed by atoms with Crippen LogP contribution in [-0.4, -0.2) is 37.7 Å². The lowest BCUT2D eigenvalue weighted by Gasteiger charge is -2.05. The van der Waals surface area contributed by atoms with Crippen LogP contribution in [0, 0.1) is 6.92 Å². The molecule has 29 heavy (non-hydrogen) atoms. The van der Waals surface area contributed by atoms with Crippen LogP contribution in [0.1, 0.15) is 21.9 Å². The minimum Gasteiger partial charge on any atom is -0.497 e. The molecule has 0 aliphatic rings. The number of hydrogen-bond acceptors (Lipinski definition) is 7. The van der Waals surface area contributed by atoms with Crippen molar-refractivity contribution in [1.29, 1.82) is 0 Å². The second kappa shape index (κ2) is 7.93. The van der Waals surface area contributed by atoms with Gasteiger partial charge in [0, 0.05) is 18.9 Å². The van der Waals surface area contributed by atoms with Crippen LogP contribution in [0.15, 0.2) is 59.6 Å². The van der Waals surface area contributed by atoms with Crippen molar-refractivity contribution in [3.8, 4) is 23.0 Å². The van der Waals surface area contributed by atoms with Crippen molar-refractivity contribution in [2.45, 2.75) is 13.5 Å². The first-order valence-corrected chi connectivity index (χ1v) is 8.84. The van der Waals surface area contributed by atoms with Crippen molar-refractivity contribution in [2.24, 2.45) is 0 Å². The van der Waals surface area contributed by atoms with E-state index in [1.165, 1.54) is 0 Å². The first kappa shape index (κ1) is 18.4. The molecule has 0 radical (unpaired) electrons. The van der Waals surface area contributed by atoms with E-state index in [1.54, 1.807) is 43.4 Å². The van der Waals surface area contributed by atoms with Crippen LogP contribution in [0.25, 0.3) is 17.3 Å². The second-order valence-electron chi connectivity index (χ2n) is 6.25. The minimum atomic E-state index is -0.266. The number of rotatable bonds is 6. The van der Waals surface area contributed by atoms with Gasteiger partial charge in [-0.2, -0.15) is 4.98 Å². The van der Waals surface area contributed by atoms with E-state index in [0.717, 1.165) is 11.3 Å². The van der Waals surface area contributed by atoms with E-state index < -0.39 is 0 Å². The maximum absolute atomic E-state index is 12.4. The number of methoxy groups -OCH3 is 1. The predicted molar refractivity (Wildman–Crippen MR) is 104 cm³/mol. The molecule has 1 amide bonds. The molecule has 3 aromatic heterocycles. The number of aromatic nitrogens is 5. The van der Waals surface area contributed by atoms with Crippen molar-refractivity contribution in [1.82, 2.24) is 30.0 Å². The number of carbonyl (C=O) groups excluding carboxylic acids is 1. The lowest BCUT2D eigenvalue weighted by Crippen LogP contribution is -2.23. The summed E-state index contributed by atoms with van der Waals surface area (Å²) in [5.41, 5.74) is 1.98. The molecule has 3 heterocycles. The van der Waals surface area contributed by atoms with Crippen LogP contribution in [0.4, 0.5) is 0 Å². The summed E-state index contributed by atoms with van der Waals surface area (Å²) in [5.74, 6) is 2.09. The Hall–Kier alpha value is -4.01. The Kier molecular flexibility index (Phi) is 5.02. The Morgan fingerprint density at radius 2 is 2.00 bits per heavy atom. The van der Waals surface area contributed by atoms with E-state index in [0.29, 0.717) is 35.3 Å². The molecule has 1 N–H and O–H groups in total. The fourth-order valence-electron chi connectivity index (χ4n) is 2.66. The van der Waals surface area contributed by atoms with Gasteiger partial charge in [-0.25, -0.2) is 9.97 Å². The Labute approximate surface area is 166 Å². The third-order valence-electron chi connectivity index (χ3n) is 4.21. The van der Waals surface area contributed by atoms with Gasteiger partial charge in [-0.05, 0) is 36.8 Å². The number of carbonyl (C=O) groups is 1. The minimum absolute atomic E-state index is 0.266. The van der Waals surface area contributed by atoms with Crippen LogP contribution in [0.2, 0.25) is 0 Å². The average Bonchev–Trinajstić information content (AvgIpc) is 3.42. The second-order valence-corrected chi connectivity index (χ2v) is 6.25. The molecule has 0 fully saturated rings. The first-order valence-electron chi connectivity index (χ1n) is 8.84. The highest BCUT2D eigenvalue weighted by molar-refractivity contribution is 5.92. The van der Waals surface area contributed by atoms with E-state index in [-0.39, 0.29) is 5.91 Å². The van der Waals surface area contributed by atoms with Gasteiger partial charge < -0.3 is 14.6 Å². The van der Waals surface area contributed by atoms with E-state index in [4.69, 9.17) is 9.26 Å². The summed E-state index contributed by atoms with van der Waals surface area (Å²) >= 11 is 0. The fourth-order valence-corrected chi connectivity index (χ4v) is 2.66. The molecule has 1 aromatic carbocycles. The molecule has 0 unspecified atom stereocenters. The van der Waals surface area contributed by atoms with Gasteiger partial charge in [0.2, 0.25) is 0 Å². The Morgan fingerprint density at radius 3 is 2.66 bits per heavy atom. The molecule has 4 rings (SSSR count). The van der Waals surface area contributed by atoms with Crippen molar-refractivity contribution < 1.29 is 14.1 Å². The van der Waals surface area contributed by atoms with Crippen LogP contribution < -0.4 is 10.1 Å². The summed E-state index contributed by atoms with van der Waals surface area (Å²) in [7, 11) is 1.61. The van der Waals surface area contributed by atoms with E-state index in [2.05, 4.69) is 25.4 Å². The molecule has 9 heteroatoms. The molecule has 4 aromatic rings. The van der Waals surface area contributed by atoms with Gasteiger partial charge in [0.05, 0.1) is 12.7 Å². The number of benzene rings is 1. The molecule has 0 atom stereocenters. The number of pyridine rings is 1. The smallest absolute Gasteiger partial charge is 0.271 e. The zero-order valence-corrected chi connectivity index (χ0v) is 15.9. The normalized spacial score (nSPS) is 10.7. The predicted octanol–water partition coefficient (Wildman–Crippen LogP) is 2.56. The Bertz CT molecular complexity index is 1120. The van der Waals surface area contributed by atoms with Gasteiger partial charge in [-0.1, -0.05) is 17.3 Å². The van der Waals surface area contributed by atoms with E-state index >= 15 is 0 Å². The molecule has 0 aliphatic heterocycles. The van der Waals surface area contributed by atoms with Crippen molar-refractivity contribution >= 4 is 5.91 Å². The lowest BCUT2D eigenvalue weighted by atomic mass is 10.2. The third-order valence-corrected chi connectivity index (χ3v) is 4.21. The molecule has 0 aliphatic carbocycles. The Balaban J connectivity index is 1.41. The van der Waals surface area contributed by atoms with Gasteiger partial charge in [0.25, 0.3) is 11.8 Å². The molecule has 0 spiro atoms. The number of amides is 1. The molecular weight excluding hydrogens is 372 g/mol. The van der Waals surface area contributed by atoms with E-state index in [1.807, 2.05) is 30.3 Å². The number of nitrogens with one attached hydrogen (secondary N) is 1. The third kappa shape index (κ3) is 4.13. The lowest BCUT2D eigenvalue weighted by molar-refractivity contribution is 0.0946. The first-order chi connectivity index (χ1) is 14.1. The SMILES string of the molecule is COc1ccc(CNC(=O)c2cn(-c3ccc(-c4nc(C)no4)cn3)cn2)cc1. The van der Waals surface area contributed by atoms with Gasteiger partial charge in [-0.3, -0.25) is 9.36 Å².